The van der Waals surface area contributed by atoms with Crippen molar-refractivity contribution in [3.63, 3.8) is 0 Å². The first-order valence-corrected chi connectivity index (χ1v) is 6.52. The highest BCUT2D eigenvalue weighted by atomic mass is 16.2. The van der Waals surface area contributed by atoms with Gasteiger partial charge in [-0.3, -0.25) is 19.3 Å². The molecule has 0 unspecified atom stereocenters. The first-order chi connectivity index (χ1) is 8.54. The van der Waals surface area contributed by atoms with Gasteiger partial charge in [0.05, 0.1) is 19.5 Å². The van der Waals surface area contributed by atoms with Crippen LogP contribution < -0.4 is 10.6 Å². The van der Waals surface area contributed by atoms with E-state index < -0.39 is 0 Å². The number of carbonyl (C=O) groups excluding carboxylic acids is 3. The molecule has 0 aromatic carbocycles. The van der Waals surface area contributed by atoms with Gasteiger partial charge in [0, 0.05) is 25.3 Å². The third-order valence-electron chi connectivity index (χ3n) is 4.08. The van der Waals surface area contributed by atoms with Crippen LogP contribution in [-0.4, -0.2) is 48.3 Å². The van der Waals surface area contributed by atoms with Gasteiger partial charge in [0.15, 0.2) is 6.04 Å². The molecule has 2 rings (SSSR count). The lowest BCUT2D eigenvalue weighted by Crippen LogP contribution is -3.17. The molecular formula is C12H20N3O3+. The number of imide groups is 1. The maximum Gasteiger partial charge on any atom is 0.287 e. The second-order valence-corrected chi connectivity index (χ2v) is 5.07. The van der Waals surface area contributed by atoms with E-state index in [0.29, 0.717) is 13.0 Å². The molecule has 6 heteroatoms. The summed E-state index contributed by atoms with van der Waals surface area (Å²) in [5.41, 5.74) is 5.28. The predicted octanol–water partition coefficient (Wildman–Crippen LogP) is -2.09. The van der Waals surface area contributed by atoms with Crippen LogP contribution in [-0.2, 0) is 14.4 Å². The maximum atomic E-state index is 12.1. The number of nitrogens with one attached hydrogen (secondary N) is 1. The van der Waals surface area contributed by atoms with Crippen molar-refractivity contribution in [3.05, 3.63) is 0 Å². The summed E-state index contributed by atoms with van der Waals surface area (Å²) < 4.78 is 0. The molecule has 0 aromatic rings. The lowest BCUT2D eigenvalue weighted by atomic mass is 9.95. The van der Waals surface area contributed by atoms with E-state index in [1.54, 1.807) is 0 Å². The molecule has 2 saturated heterocycles. The fourth-order valence-electron chi connectivity index (χ4n) is 2.96. The standard InChI is InChI=1S/C12H19N3O3/c1-2-15-10(16)7-9(12(15)18)14-5-3-8(4-6-14)11(13)17/h8-9H,2-7H2,1H3,(H2,13,17)/p+1/t9-/m0/s1. The fourth-order valence-corrected chi connectivity index (χ4v) is 2.96. The van der Waals surface area contributed by atoms with E-state index in [2.05, 4.69) is 0 Å². The third kappa shape index (κ3) is 2.25. The minimum Gasteiger partial charge on any atom is -0.369 e. The zero-order valence-corrected chi connectivity index (χ0v) is 10.6. The molecule has 3 amide bonds. The summed E-state index contributed by atoms with van der Waals surface area (Å²) >= 11 is 0. The fraction of sp³-hybridized carbons (Fsp3) is 0.750. The molecule has 0 radical (unpaired) electrons. The van der Waals surface area contributed by atoms with Gasteiger partial charge in [-0.25, -0.2) is 0 Å². The van der Waals surface area contributed by atoms with E-state index in [1.165, 1.54) is 4.90 Å². The number of primary amides is 1. The van der Waals surface area contributed by atoms with Crippen molar-refractivity contribution in [2.75, 3.05) is 19.6 Å². The van der Waals surface area contributed by atoms with Crippen LogP contribution in [0.1, 0.15) is 26.2 Å². The second kappa shape index (κ2) is 5.06. The normalized spacial score (nSPS) is 32.9. The molecule has 0 aliphatic carbocycles. The predicted molar refractivity (Wildman–Crippen MR) is 63.4 cm³/mol. The largest absolute Gasteiger partial charge is 0.369 e. The van der Waals surface area contributed by atoms with Gasteiger partial charge in [-0.2, -0.15) is 0 Å². The molecular weight excluding hydrogens is 234 g/mol. The summed E-state index contributed by atoms with van der Waals surface area (Å²) in [7, 11) is 0. The van der Waals surface area contributed by atoms with Crippen molar-refractivity contribution < 1.29 is 19.3 Å². The van der Waals surface area contributed by atoms with Crippen LogP contribution in [0, 0.1) is 5.92 Å². The number of likely N-dealkylation sites (tertiary alicyclic amines) is 2. The molecule has 100 valence electrons. The molecule has 2 fully saturated rings. The van der Waals surface area contributed by atoms with E-state index in [-0.39, 0.29) is 29.7 Å². The van der Waals surface area contributed by atoms with E-state index in [9.17, 15) is 14.4 Å². The van der Waals surface area contributed by atoms with Crippen LogP contribution in [0.25, 0.3) is 0 Å². The van der Waals surface area contributed by atoms with Gasteiger partial charge in [0.25, 0.3) is 5.91 Å². The molecule has 3 N–H and O–H groups in total. The number of likely N-dealkylation sites (N-methyl/N-ethyl adjacent to an activating group) is 1. The van der Waals surface area contributed by atoms with Gasteiger partial charge >= 0.3 is 0 Å². The van der Waals surface area contributed by atoms with Crippen molar-refractivity contribution in [2.45, 2.75) is 32.2 Å². The van der Waals surface area contributed by atoms with Gasteiger partial charge in [-0.1, -0.05) is 0 Å². The lowest BCUT2D eigenvalue weighted by molar-refractivity contribution is -0.920. The summed E-state index contributed by atoms with van der Waals surface area (Å²) in [6.45, 7) is 3.75. The highest BCUT2D eigenvalue weighted by Gasteiger charge is 2.45. The van der Waals surface area contributed by atoms with Crippen molar-refractivity contribution >= 4 is 17.7 Å². The van der Waals surface area contributed by atoms with Crippen LogP contribution in [0.5, 0.6) is 0 Å². The van der Waals surface area contributed by atoms with Crippen molar-refractivity contribution in [1.29, 1.82) is 0 Å². The summed E-state index contributed by atoms with van der Waals surface area (Å²) in [5.74, 6) is -0.451. The van der Waals surface area contributed by atoms with Gasteiger partial charge in [-0.05, 0) is 6.92 Å². The monoisotopic (exact) mass is 254 g/mol. The Bertz CT molecular complexity index is 375. The number of nitrogens with zero attached hydrogens (tertiary/aromatic N) is 1. The van der Waals surface area contributed by atoms with Gasteiger partial charge in [0.2, 0.25) is 11.8 Å². The Morgan fingerprint density at radius 3 is 2.44 bits per heavy atom. The smallest absolute Gasteiger partial charge is 0.287 e. The Morgan fingerprint density at radius 2 is 2.00 bits per heavy atom. The molecule has 6 nitrogen and oxygen atoms in total. The van der Waals surface area contributed by atoms with Crippen molar-refractivity contribution in [2.24, 2.45) is 11.7 Å². The number of quaternary nitrogens is 1. The molecule has 2 heterocycles. The van der Waals surface area contributed by atoms with Gasteiger partial charge in [-0.15, -0.1) is 0 Å². The Balaban J connectivity index is 1.97. The number of nitrogens with two attached hydrogens (primary N) is 1. The van der Waals surface area contributed by atoms with Gasteiger partial charge < -0.3 is 10.6 Å². The molecule has 0 spiro atoms. The number of hydrogen-bond acceptors (Lipinski definition) is 3. The number of hydrogen-bond donors (Lipinski definition) is 2. The number of carbonyl (C=O) groups is 3. The Morgan fingerprint density at radius 1 is 1.39 bits per heavy atom. The highest BCUT2D eigenvalue weighted by molar-refractivity contribution is 6.04. The maximum absolute atomic E-state index is 12.1. The highest BCUT2D eigenvalue weighted by Crippen LogP contribution is 2.13. The quantitative estimate of drug-likeness (QED) is 0.567. The van der Waals surface area contributed by atoms with Crippen molar-refractivity contribution in [3.8, 4) is 0 Å². The molecule has 18 heavy (non-hydrogen) atoms. The Hall–Kier alpha value is -1.43. The molecule has 2 aliphatic heterocycles. The SMILES string of the molecule is CCN1C(=O)C[C@H]([NH+]2CCC(C(N)=O)CC2)C1=O. The average Bonchev–Trinajstić information content (AvgIpc) is 2.64. The lowest BCUT2D eigenvalue weighted by Gasteiger charge is -2.30. The first-order valence-electron chi connectivity index (χ1n) is 6.52. The first kappa shape index (κ1) is 13.0. The van der Waals surface area contributed by atoms with Crippen LogP contribution >= 0.6 is 0 Å². The van der Waals surface area contributed by atoms with E-state index in [4.69, 9.17) is 5.73 Å². The minimum absolute atomic E-state index is 0.0602. The number of amides is 3. The van der Waals surface area contributed by atoms with Gasteiger partial charge in [0.1, 0.15) is 0 Å². The van der Waals surface area contributed by atoms with E-state index in [0.717, 1.165) is 30.8 Å². The zero-order valence-electron chi connectivity index (χ0n) is 10.6. The third-order valence-corrected chi connectivity index (χ3v) is 4.08. The van der Waals surface area contributed by atoms with Crippen LogP contribution in [0.2, 0.25) is 0 Å². The van der Waals surface area contributed by atoms with E-state index >= 15 is 0 Å². The van der Waals surface area contributed by atoms with Crippen LogP contribution in [0.15, 0.2) is 0 Å². The number of rotatable bonds is 3. The Kier molecular flexibility index (Phi) is 3.65. The summed E-state index contributed by atoms with van der Waals surface area (Å²) in [4.78, 5) is 37.3. The van der Waals surface area contributed by atoms with Crippen LogP contribution in [0.4, 0.5) is 0 Å². The molecule has 0 aromatic heterocycles. The molecule has 0 bridgehead atoms. The summed E-state index contributed by atoms with van der Waals surface area (Å²) in [5, 5.41) is 0. The molecule has 1 atom stereocenters. The second-order valence-electron chi connectivity index (χ2n) is 5.07. The van der Waals surface area contributed by atoms with Crippen LogP contribution in [0.3, 0.4) is 0 Å². The number of piperidine rings is 1. The minimum atomic E-state index is -0.252. The summed E-state index contributed by atoms with van der Waals surface area (Å²) in [6.07, 6.45) is 1.74. The Labute approximate surface area is 106 Å². The molecule has 2 aliphatic rings. The zero-order chi connectivity index (χ0) is 13.3. The van der Waals surface area contributed by atoms with Crippen molar-refractivity contribution in [1.82, 2.24) is 4.90 Å². The van der Waals surface area contributed by atoms with E-state index in [1.807, 2.05) is 6.92 Å². The molecule has 0 saturated carbocycles. The topological polar surface area (TPSA) is 84.9 Å². The summed E-state index contributed by atoms with van der Waals surface area (Å²) in [6, 6.07) is -0.244. The average molecular weight is 254 g/mol.